The molecule has 0 aliphatic heterocycles. The van der Waals surface area contributed by atoms with E-state index in [1.165, 1.54) is 12.3 Å². The van der Waals surface area contributed by atoms with Gasteiger partial charge in [0, 0.05) is 15.3 Å². The summed E-state index contributed by atoms with van der Waals surface area (Å²) in [5, 5.41) is 18.2. The second-order valence-electron chi connectivity index (χ2n) is 3.38. The third-order valence-electron chi connectivity index (χ3n) is 1.62. The van der Waals surface area contributed by atoms with Gasteiger partial charge in [0.1, 0.15) is 13.1 Å². The second-order valence-corrected chi connectivity index (χ2v) is 4.69. The molecule has 0 aromatic rings. The number of carboxylic acid groups (broad SMARTS) is 1. The largest absolute Gasteiger partial charge is 0.700 e. The molecule has 118 valence electrons. The van der Waals surface area contributed by atoms with Crippen molar-refractivity contribution in [1.29, 1.82) is 0 Å². The number of carboxylic acids is 1. The van der Waals surface area contributed by atoms with Crippen LogP contribution in [0, 0.1) is 0 Å². The third-order valence-corrected chi connectivity index (χ3v) is 2.50. The van der Waals surface area contributed by atoms with Gasteiger partial charge in [-0.15, -0.1) is 9.79 Å². The van der Waals surface area contributed by atoms with Crippen molar-refractivity contribution in [3.05, 3.63) is 12.3 Å². The molecule has 13 heteroatoms. The molecular weight excluding hydrogens is 330 g/mol. The van der Waals surface area contributed by atoms with Crippen LogP contribution in [0.3, 0.4) is 0 Å². The first-order chi connectivity index (χ1) is 9.68. The number of rotatable bonds is 10. The van der Waals surface area contributed by atoms with Crippen molar-refractivity contribution >= 4 is 28.8 Å². The van der Waals surface area contributed by atoms with Crippen LogP contribution in [-0.4, -0.2) is 56.3 Å². The summed E-state index contributed by atoms with van der Waals surface area (Å²) in [5.74, 6) is -4.08. The summed E-state index contributed by atoms with van der Waals surface area (Å²) >= 11 is 0. The van der Waals surface area contributed by atoms with Crippen molar-refractivity contribution in [2.75, 3.05) is 13.1 Å². The predicted molar refractivity (Wildman–Crippen MR) is 69.3 cm³/mol. The molecule has 0 fully saturated rings. The summed E-state index contributed by atoms with van der Waals surface area (Å²) in [6.45, 7) is 0.304. The average Bonchev–Trinajstić information content (AvgIpc) is 2.25. The van der Waals surface area contributed by atoms with Crippen molar-refractivity contribution in [3.63, 3.8) is 0 Å². The molecule has 0 aromatic heterocycles. The van der Waals surface area contributed by atoms with Crippen LogP contribution in [-0.2, 0) is 23.0 Å². The number of carbonyl (C=O) groups is 1. The van der Waals surface area contributed by atoms with Gasteiger partial charge in [-0.3, -0.25) is 9.79 Å². The Bertz CT molecular complexity index is 437. The average molecular weight is 344 g/mol. The van der Waals surface area contributed by atoms with E-state index in [1.807, 2.05) is 0 Å². The van der Waals surface area contributed by atoms with Gasteiger partial charge in [0.25, 0.3) is 0 Å². The van der Waals surface area contributed by atoms with Gasteiger partial charge >= 0.3 is 28.5 Å². The Labute approximate surface area is 121 Å². The Morgan fingerprint density at radius 3 is 2.24 bits per heavy atom. The van der Waals surface area contributed by atoms with Crippen molar-refractivity contribution in [2.24, 2.45) is 4.99 Å². The molecule has 0 saturated heterocycles. The molecular formula is C8H14N2O9P2+2. The van der Waals surface area contributed by atoms with Crippen molar-refractivity contribution < 1.29 is 43.0 Å². The molecule has 0 saturated carbocycles. The van der Waals surface area contributed by atoms with Crippen LogP contribution >= 0.6 is 16.5 Å². The van der Waals surface area contributed by atoms with E-state index in [0.717, 1.165) is 11.2 Å². The lowest BCUT2D eigenvalue weighted by molar-refractivity contribution is -0.274. The van der Waals surface area contributed by atoms with Crippen LogP contribution in [0.1, 0.15) is 6.92 Å². The molecule has 11 nitrogen and oxygen atoms in total. The second kappa shape index (κ2) is 9.59. The van der Waals surface area contributed by atoms with E-state index in [9.17, 15) is 19.0 Å². The Morgan fingerprint density at radius 1 is 1.33 bits per heavy atom. The van der Waals surface area contributed by atoms with E-state index in [-0.39, 0.29) is 0 Å². The molecule has 0 bridgehead atoms. The van der Waals surface area contributed by atoms with Gasteiger partial charge < -0.3 is 15.1 Å². The van der Waals surface area contributed by atoms with Gasteiger partial charge in [-0.25, -0.2) is 0 Å². The van der Waals surface area contributed by atoms with E-state index >= 15 is 0 Å². The van der Waals surface area contributed by atoms with E-state index in [2.05, 4.69) is 14.0 Å². The van der Waals surface area contributed by atoms with Gasteiger partial charge in [-0.1, -0.05) is 6.08 Å². The Morgan fingerprint density at radius 2 is 1.86 bits per heavy atom. The maximum absolute atomic E-state index is 10.6. The van der Waals surface area contributed by atoms with Crippen LogP contribution in [0.5, 0.6) is 0 Å². The van der Waals surface area contributed by atoms with Gasteiger partial charge in [-0.2, -0.15) is 0 Å². The minimum absolute atomic E-state index is 0.559. The quantitative estimate of drug-likeness (QED) is 0.182. The molecule has 0 aliphatic carbocycles. The minimum atomic E-state index is -3.34. The van der Waals surface area contributed by atoms with Crippen molar-refractivity contribution in [1.82, 2.24) is 4.90 Å². The van der Waals surface area contributed by atoms with E-state index < -0.39 is 41.5 Å². The van der Waals surface area contributed by atoms with Crippen LogP contribution in [0.4, 0.5) is 0 Å². The monoisotopic (exact) mass is 344 g/mol. The summed E-state index contributed by atoms with van der Waals surface area (Å²) in [7, 11) is -6.67. The standard InChI is InChI=1S/C8H12N2O9P2/c1-2-3-10(6-9-4-7(11)12)5-8(13,18-20(14)15)19-21(16)17/h2-3,6,13H,4-5H2,1H3,(H-2,11,12,14,15,16,17)/p+2/b3-2-,9-6?. The maximum Gasteiger partial charge on any atom is 0.700 e. The number of hydrogen-bond donors (Lipinski definition) is 4. The highest BCUT2D eigenvalue weighted by Gasteiger charge is 2.49. The SMILES string of the molecule is C/C=C\N(C=NCC(=O)O)CC(O)(O[P+](=O)O)O[P+](=O)O. The van der Waals surface area contributed by atoms with Crippen molar-refractivity contribution in [3.8, 4) is 0 Å². The first kappa shape index (κ1) is 19.7. The Kier molecular flexibility index (Phi) is 8.98. The Balaban J connectivity index is 5.03. The zero-order chi connectivity index (χ0) is 16.5. The Hall–Kier alpha value is -1.32. The number of nitrogens with zero attached hydrogens (tertiary/aromatic N) is 2. The smallest absolute Gasteiger partial charge is 0.480 e. The number of aliphatic hydroxyl groups is 1. The zero-order valence-corrected chi connectivity index (χ0v) is 12.6. The maximum atomic E-state index is 10.6. The van der Waals surface area contributed by atoms with Crippen LogP contribution in [0.2, 0.25) is 0 Å². The molecule has 0 amide bonds. The van der Waals surface area contributed by atoms with Gasteiger partial charge in [-0.05, 0) is 16.0 Å². The highest BCUT2D eigenvalue weighted by molar-refractivity contribution is 7.33. The van der Waals surface area contributed by atoms with E-state index in [1.54, 1.807) is 6.92 Å². The lowest BCUT2D eigenvalue weighted by Gasteiger charge is -2.20. The summed E-state index contributed by atoms with van der Waals surface area (Å²) in [5.41, 5.74) is 0. The fourth-order valence-electron chi connectivity index (χ4n) is 1.10. The number of aliphatic imine (C=N–C) groups is 1. The first-order valence-electron chi connectivity index (χ1n) is 5.21. The van der Waals surface area contributed by atoms with E-state index in [0.29, 0.717) is 0 Å². The molecule has 0 heterocycles. The van der Waals surface area contributed by atoms with Crippen LogP contribution in [0.25, 0.3) is 0 Å². The summed E-state index contributed by atoms with van der Waals surface area (Å²) in [6.07, 6.45) is 3.73. The molecule has 2 unspecified atom stereocenters. The molecule has 0 rings (SSSR count). The topological polar surface area (TPSA) is 166 Å². The summed E-state index contributed by atoms with van der Waals surface area (Å²) < 4.78 is 29.5. The summed E-state index contributed by atoms with van der Waals surface area (Å²) in [6, 6.07) is 0. The van der Waals surface area contributed by atoms with Crippen LogP contribution < -0.4 is 0 Å². The van der Waals surface area contributed by atoms with E-state index in [4.69, 9.17) is 14.9 Å². The fourth-order valence-corrected chi connectivity index (χ4v) is 1.83. The molecule has 0 spiro atoms. The van der Waals surface area contributed by atoms with Crippen LogP contribution in [0.15, 0.2) is 17.3 Å². The van der Waals surface area contributed by atoms with Gasteiger partial charge in [0.05, 0.1) is 6.34 Å². The fraction of sp³-hybridized carbons (Fsp3) is 0.500. The molecule has 21 heavy (non-hydrogen) atoms. The van der Waals surface area contributed by atoms with Gasteiger partial charge in [0.15, 0.2) is 0 Å². The molecule has 0 radical (unpaired) electrons. The van der Waals surface area contributed by atoms with Crippen molar-refractivity contribution in [2.45, 2.75) is 12.9 Å². The number of allylic oxidation sites excluding steroid dienone is 1. The normalized spacial score (nSPS) is 16.0. The first-order valence-corrected chi connectivity index (χ1v) is 7.48. The summed E-state index contributed by atoms with van der Waals surface area (Å²) in [4.78, 5) is 32.1. The zero-order valence-electron chi connectivity index (χ0n) is 10.8. The highest BCUT2D eigenvalue weighted by Crippen LogP contribution is 2.33. The third kappa shape index (κ3) is 10.1. The molecule has 0 aromatic carbocycles. The lowest BCUT2D eigenvalue weighted by atomic mass is 10.5. The molecule has 2 atom stereocenters. The predicted octanol–water partition coefficient (Wildman–Crippen LogP) is -0.0864. The minimum Gasteiger partial charge on any atom is -0.480 e. The molecule has 0 aliphatic rings. The highest BCUT2D eigenvalue weighted by atomic mass is 31.1. The van der Waals surface area contributed by atoms with Gasteiger partial charge in [0.2, 0.25) is 0 Å². The number of aliphatic carboxylic acids is 1. The molecule has 4 N–H and O–H groups in total. The number of hydrogen-bond acceptors (Lipinski definition) is 7. The lowest BCUT2D eigenvalue weighted by Crippen LogP contribution is -2.42.